The van der Waals surface area contributed by atoms with Crippen LogP contribution >= 0.6 is 0 Å². The maximum absolute atomic E-state index is 12.4. The number of amides is 2. The molecule has 0 spiro atoms. The third-order valence-corrected chi connectivity index (χ3v) is 8.20. The van der Waals surface area contributed by atoms with Crippen molar-refractivity contribution in [2.45, 2.75) is 71.1 Å². The highest BCUT2D eigenvalue weighted by molar-refractivity contribution is 6.62. The van der Waals surface area contributed by atoms with Gasteiger partial charge in [0.2, 0.25) is 0 Å². The lowest BCUT2D eigenvalue weighted by molar-refractivity contribution is -0.122. The molecule has 3 atom stereocenters. The van der Waals surface area contributed by atoms with Crippen LogP contribution in [0.2, 0.25) is 0 Å². The number of amidine groups is 1. The molecule has 0 aromatic heterocycles. The van der Waals surface area contributed by atoms with Crippen LogP contribution < -0.4 is 20.5 Å². The van der Waals surface area contributed by atoms with Crippen molar-refractivity contribution in [3.63, 3.8) is 0 Å². The lowest BCUT2D eigenvalue weighted by Crippen LogP contribution is -2.55. The Kier molecular flexibility index (Phi) is 5.56. The molecular formula is C24H33BN4O6. The summed E-state index contributed by atoms with van der Waals surface area (Å²) >= 11 is 0. The van der Waals surface area contributed by atoms with Crippen molar-refractivity contribution < 1.29 is 28.7 Å². The van der Waals surface area contributed by atoms with Crippen LogP contribution in [-0.2, 0) is 14.1 Å². The number of carbonyl (C=O) groups excluding carboxylic acids is 1. The fraction of sp³-hybridized carbons (Fsp3) is 0.625. The van der Waals surface area contributed by atoms with E-state index in [1.807, 2.05) is 45.6 Å². The minimum atomic E-state index is -0.894. The van der Waals surface area contributed by atoms with Gasteiger partial charge in [0.1, 0.15) is 18.4 Å². The Morgan fingerprint density at radius 1 is 1.20 bits per heavy atom. The molecule has 2 fully saturated rings. The molecule has 10 nitrogen and oxygen atoms in total. The molecule has 2 saturated heterocycles. The minimum Gasteiger partial charge on any atom is -0.483 e. The molecule has 2 amide bonds. The number of nitrogens with one attached hydrogen (secondary N) is 1. The van der Waals surface area contributed by atoms with Crippen molar-refractivity contribution in [1.29, 1.82) is 0 Å². The summed E-state index contributed by atoms with van der Waals surface area (Å²) in [5.74, 6) is 1.28. The Hall–Kier alpha value is -2.79. The van der Waals surface area contributed by atoms with E-state index in [1.54, 1.807) is 0 Å². The fourth-order valence-corrected chi connectivity index (χ4v) is 5.38. The molecule has 0 radical (unpaired) electrons. The molecular weight excluding hydrogens is 451 g/mol. The summed E-state index contributed by atoms with van der Waals surface area (Å²) in [7, 11) is -0.592. The summed E-state index contributed by atoms with van der Waals surface area (Å²) < 4.78 is 18.9. The molecule has 0 unspecified atom stereocenters. The van der Waals surface area contributed by atoms with Crippen LogP contribution in [0.15, 0.2) is 17.2 Å². The van der Waals surface area contributed by atoms with Crippen molar-refractivity contribution in [3.05, 3.63) is 17.7 Å². The number of fused-ring (bicyclic) bond motifs is 3. The number of nitrogens with zero attached hydrogens (tertiary/aromatic N) is 3. The largest absolute Gasteiger partial charge is 0.495 e. The Labute approximate surface area is 205 Å². The summed E-state index contributed by atoms with van der Waals surface area (Å²) in [5.41, 5.74) is 4.24. The van der Waals surface area contributed by atoms with E-state index >= 15 is 0 Å². The molecule has 5 rings (SSSR count). The maximum Gasteiger partial charge on any atom is 0.495 e. The van der Waals surface area contributed by atoms with Gasteiger partial charge >= 0.3 is 13.2 Å². The number of anilines is 1. The molecule has 4 heterocycles. The molecule has 1 aromatic rings. The number of ether oxygens (including phenoxy) is 1. The highest BCUT2D eigenvalue weighted by Gasteiger charge is 2.53. The molecule has 4 aliphatic rings. The highest BCUT2D eigenvalue weighted by atomic mass is 16.7. The summed E-state index contributed by atoms with van der Waals surface area (Å²) in [6.45, 7) is 13.1. The zero-order chi connectivity index (χ0) is 25.3. The van der Waals surface area contributed by atoms with Gasteiger partial charge in [0.05, 0.1) is 16.9 Å². The molecule has 4 aliphatic heterocycles. The van der Waals surface area contributed by atoms with E-state index in [-0.39, 0.29) is 24.3 Å². The molecule has 0 bridgehead atoms. The van der Waals surface area contributed by atoms with E-state index in [2.05, 4.69) is 23.5 Å². The van der Waals surface area contributed by atoms with Gasteiger partial charge in [-0.15, -0.1) is 0 Å². The van der Waals surface area contributed by atoms with E-state index in [1.165, 1.54) is 4.90 Å². The van der Waals surface area contributed by atoms with Gasteiger partial charge in [0.25, 0.3) is 5.91 Å². The molecule has 2 N–H and O–H groups in total. The van der Waals surface area contributed by atoms with Gasteiger partial charge in [-0.25, -0.2) is 10.2 Å². The average molecular weight is 484 g/mol. The molecule has 0 saturated carbocycles. The molecule has 188 valence electrons. The van der Waals surface area contributed by atoms with Gasteiger partial charge in [0, 0.05) is 13.1 Å². The van der Waals surface area contributed by atoms with E-state index in [0.29, 0.717) is 31.1 Å². The van der Waals surface area contributed by atoms with E-state index < -0.39 is 30.5 Å². The molecule has 0 aliphatic carbocycles. The van der Waals surface area contributed by atoms with Gasteiger partial charge in [-0.3, -0.25) is 4.79 Å². The Balaban J connectivity index is 1.61. The van der Waals surface area contributed by atoms with Crippen LogP contribution in [0.4, 0.5) is 10.5 Å². The van der Waals surface area contributed by atoms with Crippen LogP contribution in [0.3, 0.4) is 0 Å². The van der Waals surface area contributed by atoms with Crippen LogP contribution in [0.1, 0.15) is 59.4 Å². The lowest BCUT2D eigenvalue weighted by atomic mass is 9.69. The zero-order valence-corrected chi connectivity index (χ0v) is 21.1. The second-order valence-electron chi connectivity index (χ2n) is 11.0. The highest BCUT2D eigenvalue weighted by Crippen LogP contribution is 2.43. The normalized spacial score (nSPS) is 29.1. The standard InChI is InChI=1S/C24H33BN4O6/c1-13-11-28(22(31)32)8-7-15(13)16-9-18-19(33-12-20-26-27-21(30)14(2)29(18)20)10-17(16)25-34-23(3,4)24(5,6)35-25/h9-10,13-15H,7-8,11-12H2,1-6H3,(H,27,30)(H,31,32)/t13-,14+,15+/m0/s1. The first-order valence-corrected chi connectivity index (χ1v) is 12.2. The predicted molar refractivity (Wildman–Crippen MR) is 131 cm³/mol. The summed E-state index contributed by atoms with van der Waals surface area (Å²) in [6, 6.07) is 3.60. The summed E-state index contributed by atoms with van der Waals surface area (Å²) in [6.07, 6.45) is -0.217. The average Bonchev–Trinajstić information content (AvgIpc) is 3.01. The number of likely N-dealkylation sites (tertiary alicyclic amines) is 1. The van der Waals surface area contributed by atoms with Gasteiger partial charge in [0.15, 0.2) is 5.84 Å². The van der Waals surface area contributed by atoms with Crippen molar-refractivity contribution >= 4 is 36.1 Å². The smallest absolute Gasteiger partial charge is 0.483 e. The van der Waals surface area contributed by atoms with Crippen molar-refractivity contribution in [3.8, 4) is 5.75 Å². The van der Waals surface area contributed by atoms with Crippen molar-refractivity contribution in [2.24, 2.45) is 11.0 Å². The predicted octanol–water partition coefficient (Wildman–Crippen LogP) is 2.12. The third-order valence-electron chi connectivity index (χ3n) is 8.20. The van der Waals surface area contributed by atoms with Crippen LogP contribution in [0, 0.1) is 5.92 Å². The van der Waals surface area contributed by atoms with Gasteiger partial charge in [-0.1, -0.05) is 6.92 Å². The van der Waals surface area contributed by atoms with Crippen molar-refractivity contribution in [1.82, 2.24) is 10.3 Å². The first kappa shape index (κ1) is 23.9. The van der Waals surface area contributed by atoms with E-state index in [0.717, 1.165) is 16.7 Å². The van der Waals surface area contributed by atoms with E-state index in [9.17, 15) is 14.7 Å². The number of carboxylic acid groups (broad SMARTS) is 1. The minimum absolute atomic E-state index is 0.0822. The van der Waals surface area contributed by atoms with Crippen LogP contribution in [-0.4, -0.2) is 71.9 Å². The number of piperidine rings is 1. The lowest BCUT2D eigenvalue weighted by Gasteiger charge is -2.40. The number of carbonyl (C=O) groups is 2. The van der Waals surface area contributed by atoms with Crippen molar-refractivity contribution in [2.75, 3.05) is 24.6 Å². The molecule has 35 heavy (non-hydrogen) atoms. The maximum atomic E-state index is 12.4. The second kappa shape index (κ2) is 8.13. The van der Waals surface area contributed by atoms with Gasteiger partial charge in [-0.05, 0) is 76.0 Å². The number of hydrogen-bond acceptors (Lipinski definition) is 7. The quantitative estimate of drug-likeness (QED) is 0.619. The Morgan fingerprint density at radius 3 is 2.51 bits per heavy atom. The number of hydrazone groups is 1. The first-order chi connectivity index (χ1) is 16.4. The van der Waals surface area contributed by atoms with Gasteiger partial charge < -0.3 is 29.0 Å². The zero-order valence-electron chi connectivity index (χ0n) is 21.1. The second-order valence-corrected chi connectivity index (χ2v) is 11.0. The monoisotopic (exact) mass is 484 g/mol. The number of rotatable bonds is 2. The summed E-state index contributed by atoms with van der Waals surface area (Å²) in [4.78, 5) is 27.4. The first-order valence-electron chi connectivity index (χ1n) is 12.2. The fourth-order valence-electron chi connectivity index (χ4n) is 5.38. The van der Waals surface area contributed by atoms with Gasteiger partial charge in [-0.2, -0.15) is 5.10 Å². The van der Waals surface area contributed by atoms with E-state index in [4.69, 9.17) is 14.0 Å². The van der Waals surface area contributed by atoms with Crippen LogP contribution in [0.25, 0.3) is 0 Å². The third kappa shape index (κ3) is 3.85. The Morgan fingerprint density at radius 2 is 1.89 bits per heavy atom. The summed E-state index contributed by atoms with van der Waals surface area (Å²) in [5, 5.41) is 13.7. The van der Waals surface area contributed by atoms with Crippen LogP contribution in [0.5, 0.6) is 5.75 Å². The number of hydrogen-bond donors (Lipinski definition) is 2. The SMILES string of the molecule is C[C@@H]1C(=O)NN=C2COc3cc(B4OC(C)(C)C(C)(C)O4)c([C@@H]4CCN(C(=O)O)C[C@@H]4C)cc3N21. The topological polar surface area (TPSA) is 113 Å². The molecule has 1 aromatic carbocycles. The molecule has 11 heteroatoms. The Bertz CT molecular complexity index is 1090. The number of benzene rings is 1.